The molecule has 25 heavy (non-hydrogen) atoms. The van der Waals surface area contributed by atoms with Crippen LogP contribution in [0.5, 0.6) is 0 Å². The van der Waals surface area contributed by atoms with Crippen LogP contribution in [0, 0.1) is 5.82 Å². The average molecular weight is 351 g/mol. The topological polar surface area (TPSA) is 39.8 Å². The highest BCUT2D eigenvalue weighted by Crippen LogP contribution is 2.30. The van der Waals surface area contributed by atoms with Gasteiger partial charge in [-0.2, -0.15) is 0 Å². The lowest BCUT2D eigenvalue weighted by atomic mass is 10.2. The number of aromatic nitrogens is 3. The van der Waals surface area contributed by atoms with Crippen LogP contribution in [0.15, 0.2) is 58.5 Å². The first-order chi connectivity index (χ1) is 12.2. The van der Waals surface area contributed by atoms with Crippen LogP contribution in [0.4, 0.5) is 4.39 Å². The molecule has 5 rings (SSSR count). The lowest BCUT2D eigenvalue weighted by Gasteiger charge is -2.09. The number of rotatable bonds is 2. The number of fused-ring (bicyclic) bond motifs is 4. The summed E-state index contributed by atoms with van der Waals surface area (Å²) in [5, 5.41) is 1.70. The summed E-state index contributed by atoms with van der Waals surface area (Å²) in [7, 11) is 0. The summed E-state index contributed by atoms with van der Waals surface area (Å²) in [6.07, 6.45) is 0. The van der Waals surface area contributed by atoms with Crippen molar-refractivity contribution in [2.45, 2.75) is 18.2 Å². The number of para-hydroxylation sites is 1. The Labute approximate surface area is 146 Å². The Kier molecular flexibility index (Phi) is 3.21. The van der Waals surface area contributed by atoms with Crippen molar-refractivity contribution < 1.29 is 4.39 Å². The van der Waals surface area contributed by atoms with Crippen molar-refractivity contribution in [2.24, 2.45) is 0 Å². The predicted octanol–water partition coefficient (Wildman–Crippen LogP) is 3.64. The van der Waals surface area contributed by atoms with E-state index in [0.717, 1.165) is 21.8 Å². The molecule has 4 aromatic rings. The number of halogens is 1. The molecule has 0 bridgehead atoms. The molecule has 1 aliphatic heterocycles. The fourth-order valence-electron chi connectivity index (χ4n) is 3.48. The van der Waals surface area contributed by atoms with E-state index in [1.165, 1.54) is 6.07 Å². The van der Waals surface area contributed by atoms with Gasteiger partial charge in [0.05, 0.1) is 12.1 Å². The highest BCUT2D eigenvalue weighted by Gasteiger charge is 2.22. The number of hydrogen-bond donors (Lipinski definition) is 0. The molecule has 124 valence electrons. The second-order valence-corrected chi connectivity index (χ2v) is 7.15. The first-order valence-electron chi connectivity index (χ1n) is 8.12. The Morgan fingerprint density at radius 1 is 1.12 bits per heavy atom. The molecule has 0 atom stereocenters. The van der Waals surface area contributed by atoms with Crippen molar-refractivity contribution in [3.63, 3.8) is 0 Å². The lowest BCUT2D eigenvalue weighted by molar-refractivity contribution is 0.602. The third kappa shape index (κ3) is 2.14. The van der Waals surface area contributed by atoms with Crippen LogP contribution in [-0.2, 0) is 13.1 Å². The van der Waals surface area contributed by atoms with Crippen LogP contribution in [0.1, 0.15) is 5.56 Å². The van der Waals surface area contributed by atoms with E-state index in [2.05, 4.69) is 0 Å². The molecule has 2 aromatic heterocycles. The summed E-state index contributed by atoms with van der Waals surface area (Å²) >= 11 is 1.60. The Morgan fingerprint density at radius 3 is 2.80 bits per heavy atom. The monoisotopic (exact) mass is 351 g/mol. The van der Waals surface area contributed by atoms with Crippen LogP contribution >= 0.6 is 11.8 Å². The van der Waals surface area contributed by atoms with Gasteiger partial charge in [-0.1, -0.05) is 48.2 Å². The Morgan fingerprint density at radius 2 is 1.92 bits per heavy atom. The van der Waals surface area contributed by atoms with Crippen molar-refractivity contribution in [1.82, 2.24) is 14.1 Å². The highest BCUT2D eigenvalue weighted by atomic mass is 32.2. The molecule has 0 aliphatic carbocycles. The molecule has 0 spiro atoms. The first-order valence-corrected chi connectivity index (χ1v) is 9.10. The molecule has 0 N–H and O–H groups in total. The highest BCUT2D eigenvalue weighted by molar-refractivity contribution is 7.99. The molecular formula is C19H14FN3OS. The Hall–Kier alpha value is -2.60. The largest absolute Gasteiger partial charge is 0.330 e. The van der Waals surface area contributed by atoms with E-state index in [0.29, 0.717) is 29.7 Å². The predicted molar refractivity (Wildman–Crippen MR) is 97.7 cm³/mol. The zero-order valence-electron chi connectivity index (χ0n) is 13.3. The van der Waals surface area contributed by atoms with Crippen LogP contribution in [0.2, 0.25) is 0 Å². The smallest absolute Gasteiger partial charge is 0.278 e. The van der Waals surface area contributed by atoms with Gasteiger partial charge in [0.25, 0.3) is 5.56 Å². The molecule has 0 saturated heterocycles. The molecule has 1 aliphatic rings. The normalized spacial score (nSPS) is 13.6. The van der Waals surface area contributed by atoms with Crippen molar-refractivity contribution in [1.29, 1.82) is 0 Å². The molecule has 0 amide bonds. The van der Waals surface area contributed by atoms with E-state index < -0.39 is 0 Å². The maximum absolute atomic E-state index is 14.2. The van der Waals surface area contributed by atoms with Gasteiger partial charge < -0.3 is 4.57 Å². The number of thioether (sulfide) groups is 1. The molecular weight excluding hydrogens is 337 g/mol. The Balaban J connectivity index is 1.87. The quantitative estimate of drug-likeness (QED) is 0.518. The summed E-state index contributed by atoms with van der Waals surface area (Å²) in [5.41, 5.74) is 2.68. The summed E-state index contributed by atoms with van der Waals surface area (Å²) in [4.78, 5) is 17.8. The van der Waals surface area contributed by atoms with Gasteiger partial charge in [0.2, 0.25) is 0 Å². The minimum absolute atomic E-state index is 0.0439. The third-order valence-electron chi connectivity index (χ3n) is 4.66. The van der Waals surface area contributed by atoms with Gasteiger partial charge in [-0.15, -0.1) is 0 Å². The van der Waals surface area contributed by atoms with Gasteiger partial charge in [-0.05, 0) is 12.1 Å². The molecule has 0 saturated carbocycles. The fourth-order valence-corrected chi connectivity index (χ4v) is 4.42. The van der Waals surface area contributed by atoms with E-state index in [9.17, 15) is 9.18 Å². The first kappa shape index (κ1) is 14.7. The van der Waals surface area contributed by atoms with Crippen LogP contribution < -0.4 is 5.56 Å². The van der Waals surface area contributed by atoms with Crippen molar-refractivity contribution in [3.05, 3.63) is 70.3 Å². The standard InChI is InChI=1S/C19H14FN3OS/c20-14-7-3-1-5-12(14)11-23-15-8-4-2-6-13(15)16-17(23)18(24)22-9-10-25-19(22)21-16/h1-8H,9-11H2. The summed E-state index contributed by atoms with van der Waals surface area (Å²) < 4.78 is 17.8. The zero-order valence-corrected chi connectivity index (χ0v) is 14.1. The van der Waals surface area contributed by atoms with Crippen LogP contribution in [0.3, 0.4) is 0 Å². The maximum Gasteiger partial charge on any atom is 0.278 e. The molecule has 0 radical (unpaired) electrons. The van der Waals surface area contributed by atoms with E-state index in [4.69, 9.17) is 4.98 Å². The van der Waals surface area contributed by atoms with Gasteiger partial charge in [-0.3, -0.25) is 9.36 Å². The molecule has 3 heterocycles. The van der Waals surface area contributed by atoms with Gasteiger partial charge >= 0.3 is 0 Å². The van der Waals surface area contributed by atoms with Crippen molar-refractivity contribution in [3.8, 4) is 0 Å². The molecule has 6 heteroatoms. The van der Waals surface area contributed by atoms with Gasteiger partial charge in [0.15, 0.2) is 5.16 Å². The number of benzene rings is 2. The average Bonchev–Trinajstić information content (AvgIpc) is 3.22. The Bertz CT molecular complexity index is 1190. The zero-order chi connectivity index (χ0) is 17.0. The molecule has 0 unspecified atom stereocenters. The van der Waals surface area contributed by atoms with Crippen molar-refractivity contribution in [2.75, 3.05) is 5.75 Å². The number of nitrogens with zero attached hydrogens (tertiary/aromatic N) is 3. The van der Waals surface area contributed by atoms with E-state index in [1.807, 2.05) is 34.9 Å². The molecule has 0 fully saturated rings. The summed E-state index contributed by atoms with van der Waals surface area (Å²) in [6.45, 7) is 0.975. The van der Waals surface area contributed by atoms with E-state index in [-0.39, 0.29) is 11.4 Å². The number of hydrogen-bond acceptors (Lipinski definition) is 3. The third-order valence-corrected chi connectivity index (χ3v) is 5.62. The van der Waals surface area contributed by atoms with Gasteiger partial charge in [0, 0.05) is 23.2 Å². The maximum atomic E-state index is 14.2. The van der Waals surface area contributed by atoms with E-state index in [1.54, 1.807) is 28.5 Å². The summed E-state index contributed by atoms with van der Waals surface area (Å²) in [5.74, 6) is 0.596. The van der Waals surface area contributed by atoms with E-state index >= 15 is 0 Å². The molecule has 4 nitrogen and oxygen atoms in total. The SMILES string of the molecule is O=c1c2c(nc3n1CCS3)c1ccccc1n2Cc1ccccc1F. The van der Waals surface area contributed by atoms with Gasteiger partial charge in [-0.25, -0.2) is 9.37 Å². The summed E-state index contributed by atoms with van der Waals surface area (Å²) in [6, 6.07) is 14.5. The van der Waals surface area contributed by atoms with Crippen LogP contribution in [0.25, 0.3) is 21.9 Å². The minimum atomic E-state index is -0.266. The second kappa shape index (κ2) is 5.46. The lowest BCUT2D eigenvalue weighted by Crippen LogP contribution is -2.22. The minimum Gasteiger partial charge on any atom is -0.330 e. The second-order valence-electron chi connectivity index (χ2n) is 6.09. The van der Waals surface area contributed by atoms with Crippen molar-refractivity contribution >= 4 is 33.7 Å². The molecule has 2 aromatic carbocycles. The van der Waals surface area contributed by atoms with Crippen LogP contribution in [-0.4, -0.2) is 19.9 Å². The fraction of sp³-hybridized carbons (Fsp3) is 0.158. The van der Waals surface area contributed by atoms with Gasteiger partial charge in [0.1, 0.15) is 16.9 Å².